The normalized spacial score (nSPS) is 10.9. The predicted octanol–water partition coefficient (Wildman–Crippen LogP) is 4.12. The van der Waals surface area contributed by atoms with Gasteiger partial charge in [-0.2, -0.15) is 0 Å². The number of rotatable bonds is 4. The molecule has 4 aromatic rings. The van der Waals surface area contributed by atoms with Crippen LogP contribution in [0, 0.1) is 0 Å². The summed E-state index contributed by atoms with van der Waals surface area (Å²) in [4.78, 5) is 16.1. The first kappa shape index (κ1) is 16.8. The Labute approximate surface area is 157 Å². The van der Waals surface area contributed by atoms with Crippen molar-refractivity contribution in [1.29, 1.82) is 0 Å². The van der Waals surface area contributed by atoms with Gasteiger partial charge in [-0.3, -0.25) is 0 Å². The highest BCUT2D eigenvalue weighted by Gasteiger charge is 2.10. The molecule has 4 rings (SSSR count). The number of esters is 1. The van der Waals surface area contributed by atoms with Crippen molar-refractivity contribution in [2.45, 2.75) is 6.54 Å². The first-order valence-corrected chi connectivity index (χ1v) is 8.63. The number of hydrogen-bond donors (Lipinski definition) is 1. The fourth-order valence-corrected chi connectivity index (χ4v) is 3.24. The second-order valence-electron chi connectivity index (χ2n) is 6.35. The van der Waals surface area contributed by atoms with Gasteiger partial charge in [0.25, 0.3) is 0 Å². The molecular formula is C22H19N3O2. The van der Waals surface area contributed by atoms with E-state index in [0.29, 0.717) is 12.1 Å². The van der Waals surface area contributed by atoms with Crippen molar-refractivity contribution in [3.8, 4) is 11.1 Å². The fraction of sp³-hybridized carbons (Fsp3) is 0.0909. The van der Waals surface area contributed by atoms with Crippen LogP contribution in [0.5, 0.6) is 0 Å². The Balaban J connectivity index is 1.68. The second kappa shape index (κ2) is 6.96. The van der Waals surface area contributed by atoms with Crippen molar-refractivity contribution in [3.05, 3.63) is 84.2 Å². The third-order valence-corrected chi connectivity index (χ3v) is 4.59. The molecule has 134 valence electrons. The van der Waals surface area contributed by atoms with Crippen LogP contribution >= 0.6 is 0 Å². The Morgan fingerprint density at radius 3 is 2.67 bits per heavy atom. The van der Waals surface area contributed by atoms with E-state index in [1.165, 1.54) is 7.11 Å². The van der Waals surface area contributed by atoms with Crippen LogP contribution in [0.4, 0.5) is 5.69 Å². The van der Waals surface area contributed by atoms with Gasteiger partial charge < -0.3 is 15.0 Å². The third-order valence-electron chi connectivity index (χ3n) is 4.59. The lowest BCUT2D eigenvalue weighted by Gasteiger charge is -2.08. The van der Waals surface area contributed by atoms with Crippen LogP contribution in [0.1, 0.15) is 15.9 Å². The molecule has 0 amide bonds. The minimum Gasteiger partial charge on any atom is -0.465 e. The van der Waals surface area contributed by atoms with Crippen LogP contribution in [0.15, 0.2) is 73.1 Å². The van der Waals surface area contributed by atoms with Crippen molar-refractivity contribution in [2.24, 2.45) is 0 Å². The van der Waals surface area contributed by atoms with Gasteiger partial charge in [-0.1, -0.05) is 24.3 Å². The van der Waals surface area contributed by atoms with Gasteiger partial charge in [0.2, 0.25) is 0 Å². The van der Waals surface area contributed by atoms with Crippen LogP contribution in [0.3, 0.4) is 0 Å². The molecule has 2 heterocycles. The van der Waals surface area contributed by atoms with E-state index in [1.807, 2.05) is 54.9 Å². The Bertz CT molecular complexity index is 1110. The molecule has 0 atom stereocenters. The predicted molar refractivity (Wildman–Crippen MR) is 106 cm³/mol. The number of pyridine rings is 1. The van der Waals surface area contributed by atoms with Crippen LogP contribution in [0.2, 0.25) is 0 Å². The van der Waals surface area contributed by atoms with Crippen molar-refractivity contribution in [1.82, 2.24) is 9.55 Å². The topological polar surface area (TPSA) is 70.1 Å². The Morgan fingerprint density at radius 1 is 1.11 bits per heavy atom. The summed E-state index contributed by atoms with van der Waals surface area (Å²) in [5.41, 5.74) is 11.4. The van der Waals surface area contributed by atoms with Gasteiger partial charge in [-0.25, -0.2) is 9.78 Å². The molecule has 2 N–H and O–H groups in total. The van der Waals surface area contributed by atoms with Crippen molar-refractivity contribution >= 4 is 22.7 Å². The standard InChI is InChI=1S/C22H19N3O2/c1-27-22(26)16-7-5-15(6-8-16)14-25-12-10-20-19(9-11-24-21(20)25)17-3-2-4-18(23)13-17/h2-13H,14,23H2,1H3. The summed E-state index contributed by atoms with van der Waals surface area (Å²) in [5.74, 6) is -0.332. The first-order chi connectivity index (χ1) is 13.2. The first-order valence-electron chi connectivity index (χ1n) is 8.63. The van der Waals surface area contributed by atoms with Gasteiger partial charge in [0.15, 0.2) is 0 Å². The number of nitrogens with zero attached hydrogens (tertiary/aromatic N) is 2. The van der Waals surface area contributed by atoms with Crippen molar-refractivity contribution in [2.75, 3.05) is 12.8 Å². The zero-order chi connectivity index (χ0) is 18.8. The van der Waals surface area contributed by atoms with E-state index in [9.17, 15) is 4.79 Å². The highest BCUT2D eigenvalue weighted by molar-refractivity contribution is 5.93. The maximum atomic E-state index is 11.6. The molecule has 0 unspecified atom stereocenters. The Hall–Kier alpha value is -3.60. The van der Waals surface area contributed by atoms with Gasteiger partial charge in [0.1, 0.15) is 5.65 Å². The second-order valence-corrected chi connectivity index (χ2v) is 6.35. The number of fused-ring (bicyclic) bond motifs is 1. The van der Waals surface area contributed by atoms with E-state index in [1.54, 1.807) is 12.1 Å². The summed E-state index contributed by atoms with van der Waals surface area (Å²) in [6.45, 7) is 0.665. The number of ether oxygens (including phenoxy) is 1. The van der Waals surface area contributed by atoms with Gasteiger partial charge in [0.05, 0.1) is 12.7 Å². The fourth-order valence-electron chi connectivity index (χ4n) is 3.24. The summed E-state index contributed by atoms with van der Waals surface area (Å²) in [6, 6.07) is 19.3. The number of hydrogen-bond acceptors (Lipinski definition) is 4. The molecule has 0 aliphatic carbocycles. The van der Waals surface area contributed by atoms with E-state index in [4.69, 9.17) is 10.5 Å². The molecule has 0 aliphatic heterocycles. The van der Waals surface area contributed by atoms with E-state index < -0.39 is 0 Å². The van der Waals surface area contributed by atoms with Crippen LogP contribution < -0.4 is 5.73 Å². The van der Waals surface area contributed by atoms with E-state index in [0.717, 1.165) is 33.4 Å². The Morgan fingerprint density at radius 2 is 1.93 bits per heavy atom. The van der Waals surface area contributed by atoms with Gasteiger partial charge in [-0.15, -0.1) is 0 Å². The molecular weight excluding hydrogens is 338 g/mol. The molecule has 0 aliphatic rings. The highest BCUT2D eigenvalue weighted by Crippen LogP contribution is 2.29. The lowest BCUT2D eigenvalue weighted by atomic mass is 10.0. The molecule has 0 saturated heterocycles. The highest BCUT2D eigenvalue weighted by atomic mass is 16.5. The zero-order valence-corrected chi connectivity index (χ0v) is 14.9. The average molecular weight is 357 g/mol. The number of methoxy groups -OCH3 is 1. The SMILES string of the molecule is COC(=O)c1ccc(Cn2ccc3c(-c4cccc(N)c4)ccnc32)cc1. The minimum absolute atomic E-state index is 0.332. The van der Waals surface area contributed by atoms with E-state index in [2.05, 4.69) is 15.6 Å². The molecule has 5 nitrogen and oxygen atoms in total. The largest absolute Gasteiger partial charge is 0.465 e. The quantitative estimate of drug-likeness (QED) is 0.440. The lowest BCUT2D eigenvalue weighted by molar-refractivity contribution is 0.0600. The number of nitrogens with two attached hydrogens (primary N) is 1. The Kier molecular flexibility index (Phi) is 4.34. The van der Waals surface area contributed by atoms with E-state index in [-0.39, 0.29) is 5.97 Å². The third kappa shape index (κ3) is 3.27. The molecule has 0 saturated carbocycles. The summed E-state index contributed by atoms with van der Waals surface area (Å²) in [5, 5.41) is 1.08. The molecule has 0 fully saturated rings. The minimum atomic E-state index is -0.332. The summed E-state index contributed by atoms with van der Waals surface area (Å²) in [6.07, 6.45) is 3.85. The van der Waals surface area contributed by atoms with Gasteiger partial charge in [-0.05, 0) is 53.1 Å². The van der Waals surface area contributed by atoms with Gasteiger partial charge in [0, 0.05) is 30.0 Å². The lowest BCUT2D eigenvalue weighted by Crippen LogP contribution is -2.03. The van der Waals surface area contributed by atoms with Crippen LogP contribution in [-0.4, -0.2) is 22.6 Å². The maximum absolute atomic E-state index is 11.6. The monoisotopic (exact) mass is 357 g/mol. The van der Waals surface area contributed by atoms with Crippen molar-refractivity contribution in [3.63, 3.8) is 0 Å². The molecule has 0 spiro atoms. The number of anilines is 1. The van der Waals surface area contributed by atoms with Gasteiger partial charge >= 0.3 is 5.97 Å². The maximum Gasteiger partial charge on any atom is 0.337 e. The smallest absolute Gasteiger partial charge is 0.337 e. The zero-order valence-electron chi connectivity index (χ0n) is 14.9. The summed E-state index contributed by atoms with van der Waals surface area (Å²) >= 11 is 0. The molecule has 0 bridgehead atoms. The van der Waals surface area contributed by atoms with Crippen LogP contribution in [-0.2, 0) is 11.3 Å². The molecule has 5 heteroatoms. The number of carbonyl (C=O) groups is 1. The molecule has 2 aromatic carbocycles. The summed E-state index contributed by atoms with van der Waals surface area (Å²) < 4.78 is 6.84. The molecule has 0 radical (unpaired) electrons. The molecule has 2 aromatic heterocycles. The number of benzene rings is 2. The number of aromatic nitrogens is 2. The summed E-state index contributed by atoms with van der Waals surface area (Å²) in [7, 11) is 1.38. The number of carbonyl (C=O) groups excluding carboxylic acids is 1. The average Bonchev–Trinajstić information content (AvgIpc) is 3.11. The number of nitrogen functional groups attached to an aromatic ring is 1. The van der Waals surface area contributed by atoms with E-state index >= 15 is 0 Å². The van der Waals surface area contributed by atoms with Crippen LogP contribution in [0.25, 0.3) is 22.2 Å². The molecule has 27 heavy (non-hydrogen) atoms. The van der Waals surface area contributed by atoms with Crippen molar-refractivity contribution < 1.29 is 9.53 Å².